The number of piperidine rings is 1. The van der Waals surface area contributed by atoms with E-state index in [1.165, 1.54) is 5.69 Å². The Hall–Kier alpha value is -0.820. The quantitative estimate of drug-likeness (QED) is 0.765. The van der Waals surface area contributed by atoms with Crippen LogP contribution in [0.25, 0.3) is 0 Å². The molecule has 0 spiro atoms. The number of ether oxygens (including phenoxy) is 1. The zero-order valence-corrected chi connectivity index (χ0v) is 17.6. The first-order valence-electron chi connectivity index (χ1n) is 8.74. The van der Waals surface area contributed by atoms with Crippen LogP contribution < -0.4 is 20.3 Å². The highest BCUT2D eigenvalue weighted by Gasteiger charge is 2.23. The van der Waals surface area contributed by atoms with E-state index in [4.69, 9.17) is 4.74 Å². The van der Waals surface area contributed by atoms with Crippen LogP contribution in [0.2, 0.25) is 0 Å². The van der Waals surface area contributed by atoms with Gasteiger partial charge in [0.25, 0.3) is 0 Å². The molecule has 1 amide bonds. The average Bonchev–Trinajstić information content (AvgIpc) is 2.63. The van der Waals surface area contributed by atoms with Gasteiger partial charge in [-0.05, 0) is 25.0 Å². The third kappa shape index (κ3) is 6.72. The highest BCUT2D eigenvalue weighted by molar-refractivity contribution is 7.99. The Kier molecular flexibility index (Phi) is 10.5. The fourth-order valence-corrected chi connectivity index (χ4v) is 4.35. The van der Waals surface area contributed by atoms with E-state index in [0.717, 1.165) is 49.7 Å². The maximum atomic E-state index is 12.3. The molecule has 8 heteroatoms. The van der Waals surface area contributed by atoms with Crippen LogP contribution >= 0.6 is 36.6 Å². The molecule has 5 nitrogen and oxygen atoms in total. The Morgan fingerprint density at radius 1 is 1.42 bits per heavy atom. The summed E-state index contributed by atoms with van der Waals surface area (Å²) in [5, 5.41) is 6.66. The molecule has 2 saturated heterocycles. The SMILES string of the molecule is COc1cccc(N2CCCC(NC(=O)CC3CSCCN3)C2)c1.Cl.Cl. The number of nitrogens with zero attached hydrogens (tertiary/aromatic N) is 1. The number of carbonyl (C=O) groups is 1. The van der Waals surface area contributed by atoms with Gasteiger partial charge in [0.2, 0.25) is 5.91 Å². The van der Waals surface area contributed by atoms with E-state index in [9.17, 15) is 4.79 Å². The van der Waals surface area contributed by atoms with Crippen molar-refractivity contribution < 1.29 is 9.53 Å². The second-order valence-corrected chi connectivity index (χ2v) is 7.63. The van der Waals surface area contributed by atoms with Crippen LogP contribution in [0.15, 0.2) is 24.3 Å². The van der Waals surface area contributed by atoms with Gasteiger partial charge in [-0.3, -0.25) is 4.79 Å². The highest BCUT2D eigenvalue weighted by atomic mass is 35.5. The lowest BCUT2D eigenvalue weighted by atomic mass is 10.0. The van der Waals surface area contributed by atoms with Crippen molar-refractivity contribution in [1.82, 2.24) is 10.6 Å². The molecule has 0 aromatic heterocycles. The summed E-state index contributed by atoms with van der Waals surface area (Å²) in [6.07, 6.45) is 2.74. The largest absolute Gasteiger partial charge is 0.497 e. The summed E-state index contributed by atoms with van der Waals surface area (Å²) in [6.45, 7) is 2.90. The molecule has 148 valence electrons. The molecule has 0 bridgehead atoms. The summed E-state index contributed by atoms with van der Waals surface area (Å²) < 4.78 is 5.32. The van der Waals surface area contributed by atoms with Gasteiger partial charge in [0.1, 0.15) is 5.75 Å². The minimum atomic E-state index is 0. The van der Waals surface area contributed by atoms with Crippen LogP contribution in [0.3, 0.4) is 0 Å². The smallest absolute Gasteiger partial charge is 0.221 e. The van der Waals surface area contributed by atoms with Crippen molar-refractivity contribution in [3.05, 3.63) is 24.3 Å². The van der Waals surface area contributed by atoms with Crippen molar-refractivity contribution in [2.75, 3.05) is 43.1 Å². The summed E-state index contributed by atoms with van der Waals surface area (Å²) in [6, 6.07) is 8.70. The summed E-state index contributed by atoms with van der Waals surface area (Å²) in [4.78, 5) is 14.7. The molecule has 2 atom stereocenters. The maximum absolute atomic E-state index is 12.3. The molecule has 1 aromatic carbocycles. The molecule has 0 aliphatic carbocycles. The number of amides is 1. The molecule has 2 fully saturated rings. The predicted molar refractivity (Wildman–Crippen MR) is 115 cm³/mol. The van der Waals surface area contributed by atoms with Crippen LogP contribution in [0, 0.1) is 0 Å². The Morgan fingerprint density at radius 3 is 3.00 bits per heavy atom. The van der Waals surface area contributed by atoms with Gasteiger partial charge in [-0.25, -0.2) is 0 Å². The van der Waals surface area contributed by atoms with Gasteiger partial charge >= 0.3 is 0 Å². The van der Waals surface area contributed by atoms with Crippen molar-refractivity contribution in [2.45, 2.75) is 31.3 Å². The monoisotopic (exact) mass is 421 g/mol. The second kappa shape index (κ2) is 11.8. The Bertz CT molecular complexity index is 559. The molecule has 0 radical (unpaired) electrons. The molecule has 2 aliphatic rings. The lowest BCUT2D eigenvalue weighted by molar-refractivity contribution is -0.122. The molecule has 2 N–H and O–H groups in total. The van der Waals surface area contributed by atoms with E-state index in [2.05, 4.69) is 27.7 Å². The zero-order chi connectivity index (χ0) is 16.8. The molecule has 0 saturated carbocycles. The van der Waals surface area contributed by atoms with Crippen LogP contribution in [0.4, 0.5) is 5.69 Å². The van der Waals surface area contributed by atoms with Crippen molar-refractivity contribution in [1.29, 1.82) is 0 Å². The summed E-state index contributed by atoms with van der Waals surface area (Å²) in [5.41, 5.74) is 1.17. The third-order valence-electron chi connectivity index (χ3n) is 4.64. The van der Waals surface area contributed by atoms with Gasteiger partial charge in [0, 0.05) is 61.4 Å². The fraction of sp³-hybridized carbons (Fsp3) is 0.611. The Labute approximate surface area is 172 Å². The van der Waals surface area contributed by atoms with Crippen molar-refractivity contribution in [2.24, 2.45) is 0 Å². The van der Waals surface area contributed by atoms with Crippen LogP contribution in [0.1, 0.15) is 19.3 Å². The summed E-state index contributed by atoms with van der Waals surface area (Å²) >= 11 is 1.93. The van der Waals surface area contributed by atoms with Crippen molar-refractivity contribution in [3.63, 3.8) is 0 Å². The van der Waals surface area contributed by atoms with Crippen LogP contribution in [0.5, 0.6) is 5.75 Å². The molecule has 2 heterocycles. The average molecular weight is 422 g/mol. The third-order valence-corrected chi connectivity index (χ3v) is 5.77. The fourth-order valence-electron chi connectivity index (χ4n) is 3.40. The number of carbonyl (C=O) groups excluding carboxylic acids is 1. The predicted octanol–water partition coefficient (Wildman–Crippen LogP) is 2.72. The lowest BCUT2D eigenvalue weighted by Gasteiger charge is -2.35. The number of methoxy groups -OCH3 is 1. The van der Waals surface area contributed by atoms with E-state index in [1.807, 2.05) is 23.9 Å². The van der Waals surface area contributed by atoms with Crippen LogP contribution in [-0.2, 0) is 4.79 Å². The van der Waals surface area contributed by atoms with Crippen molar-refractivity contribution >= 4 is 48.2 Å². The van der Waals surface area contributed by atoms with Gasteiger partial charge in [-0.2, -0.15) is 11.8 Å². The standard InChI is InChI=1S/C18H27N3O2S.2ClH/c1-23-17-6-2-5-16(11-17)21-8-3-4-14(12-21)20-18(22)10-15-13-24-9-7-19-15;;/h2,5-6,11,14-15,19H,3-4,7-10,12-13H2,1H3,(H,20,22);2*1H. The van der Waals surface area contributed by atoms with Crippen molar-refractivity contribution in [3.8, 4) is 5.75 Å². The number of hydrogen-bond donors (Lipinski definition) is 2. The Morgan fingerprint density at radius 2 is 2.27 bits per heavy atom. The molecule has 1 aromatic rings. The topological polar surface area (TPSA) is 53.6 Å². The first-order valence-corrected chi connectivity index (χ1v) is 9.89. The van der Waals surface area contributed by atoms with E-state index in [1.54, 1.807) is 7.11 Å². The maximum Gasteiger partial charge on any atom is 0.221 e. The number of hydrogen-bond acceptors (Lipinski definition) is 5. The number of rotatable bonds is 5. The number of halogens is 2. The first kappa shape index (κ1) is 23.2. The second-order valence-electron chi connectivity index (χ2n) is 6.48. The highest BCUT2D eigenvalue weighted by Crippen LogP contribution is 2.24. The number of nitrogens with one attached hydrogen (secondary N) is 2. The lowest BCUT2D eigenvalue weighted by Crippen LogP contribution is -2.49. The van der Waals surface area contributed by atoms with E-state index in [0.29, 0.717) is 12.5 Å². The summed E-state index contributed by atoms with van der Waals surface area (Å²) in [5.74, 6) is 3.23. The number of thioether (sulfide) groups is 1. The van der Waals surface area contributed by atoms with E-state index in [-0.39, 0.29) is 36.8 Å². The molecule has 2 aliphatic heterocycles. The minimum absolute atomic E-state index is 0. The van der Waals surface area contributed by atoms with Gasteiger partial charge in [-0.15, -0.1) is 24.8 Å². The minimum Gasteiger partial charge on any atom is -0.497 e. The molecule has 3 rings (SSSR count). The van der Waals surface area contributed by atoms with E-state index >= 15 is 0 Å². The first-order chi connectivity index (χ1) is 11.7. The molecular weight excluding hydrogens is 393 g/mol. The molecule has 2 unspecified atom stereocenters. The van der Waals surface area contributed by atoms with E-state index < -0.39 is 0 Å². The summed E-state index contributed by atoms with van der Waals surface area (Å²) in [7, 11) is 1.69. The van der Waals surface area contributed by atoms with Gasteiger partial charge in [-0.1, -0.05) is 6.07 Å². The normalized spacial score (nSPS) is 22.6. The van der Waals surface area contributed by atoms with Gasteiger partial charge in [0.05, 0.1) is 7.11 Å². The molecular formula is C18H29Cl2N3O2S. The number of benzene rings is 1. The van der Waals surface area contributed by atoms with Crippen LogP contribution in [-0.4, -0.2) is 56.2 Å². The number of anilines is 1. The zero-order valence-electron chi connectivity index (χ0n) is 15.1. The van der Waals surface area contributed by atoms with Gasteiger partial charge < -0.3 is 20.3 Å². The Balaban J connectivity index is 0.00000169. The van der Waals surface area contributed by atoms with Gasteiger partial charge in [0.15, 0.2) is 0 Å². The molecule has 26 heavy (non-hydrogen) atoms.